The summed E-state index contributed by atoms with van der Waals surface area (Å²) >= 11 is 3.37. The molecule has 0 bridgehead atoms. The molecule has 0 unspecified atom stereocenters. The zero-order valence-electron chi connectivity index (χ0n) is 15.7. The second-order valence-corrected chi connectivity index (χ2v) is 8.48. The molecule has 0 radical (unpaired) electrons. The molecule has 0 saturated carbocycles. The van der Waals surface area contributed by atoms with Gasteiger partial charge in [-0.25, -0.2) is 4.79 Å². The number of ether oxygens (including phenoxy) is 1. The van der Waals surface area contributed by atoms with Crippen LogP contribution >= 0.6 is 15.9 Å². The van der Waals surface area contributed by atoms with Gasteiger partial charge < -0.3 is 20.3 Å². The summed E-state index contributed by atoms with van der Waals surface area (Å²) in [6.45, 7) is 8.02. The van der Waals surface area contributed by atoms with Crippen molar-refractivity contribution in [2.45, 2.75) is 51.7 Å². The maximum atomic E-state index is 12.1. The van der Waals surface area contributed by atoms with Crippen LogP contribution in [0, 0.1) is 0 Å². The van der Waals surface area contributed by atoms with Crippen molar-refractivity contribution in [3.05, 3.63) is 28.7 Å². The summed E-state index contributed by atoms with van der Waals surface area (Å²) in [5.41, 5.74) is 0.325. The molecule has 6 nitrogen and oxygen atoms in total. The van der Waals surface area contributed by atoms with E-state index in [1.54, 1.807) is 0 Å². The van der Waals surface area contributed by atoms with E-state index in [9.17, 15) is 9.59 Å². The Morgan fingerprint density at radius 2 is 1.81 bits per heavy atom. The van der Waals surface area contributed by atoms with Crippen LogP contribution < -0.4 is 10.6 Å². The van der Waals surface area contributed by atoms with Gasteiger partial charge in [-0.15, -0.1) is 0 Å². The molecule has 2 amide bonds. The number of nitrogens with zero attached hydrogens (tertiary/aromatic N) is 1. The van der Waals surface area contributed by atoms with Gasteiger partial charge in [0.25, 0.3) is 0 Å². The number of anilines is 1. The lowest BCUT2D eigenvalue weighted by atomic mass is 10.1. The van der Waals surface area contributed by atoms with E-state index < -0.39 is 5.60 Å². The maximum absolute atomic E-state index is 12.1. The minimum absolute atomic E-state index is 0.0151. The smallest absolute Gasteiger partial charge is 0.407 e. The first-order valence-electron chi connectivity index (χ1n) is 8.98. The number of amides is 2. The van der Waals surface area contributed by atoms with Gasteiger partial charge in [-0.2, -0.15) is 0 Å². The van der Waals surface area contributed by atoms with Crippen molar-refractivity contribution in [1.29, 1.82) is 0 Å². The molecule has 7 heteroatoms. The van der Waals surface area contributed by atoms with Crippen LogP contribution in [-0.4, -0.2) is 48.2 Å². The lowest BCUT2D eigenvalue weighted by molar-refractivity contribution is -0.116. The highest BCUT2D eigenvalue weighted by molar-refractivity contribution is 9.10. The van der Waals surface area contributed by atoms with Crippen molar-refractivity contribution in [1.82, 2.24) is 10.2 Å². The number of carbonyl (C=O) groups is 2. The van der Waals surface area contributed by atoms with Crippen molar-refractivity contribution >= 4 is 33.6 Å². The summed E-state index contributed by atoms with van der Waals surface area (Å²) in [6, 6.07) is 7.68. The van der Waals surface area contributed by atoms with Gasteiger partial charge in [0.2, 0.25) is 5.91 Å². The maximum Gasteiger partial charge on any atom is 0.407 e. The minimum atomic E-state index is -0.479. The first kappa shape index (κ1) is 20.7. The molecule has 26 heavy (non-hydrogen) atoms. The summed E-state index contributed by atoms with van der Waals surface area (Å²) in [4.78, 5) is 26.1. The van der Waals surface area contributed by atoms with Crippen LogP contribution in [0.1, 0.15) is 40.0 Å². The number of nitrogens with one attached hydrogen (secondary N) is 2. The molecule has 1 saturated heterocycles. The third-order valence-electron chi connectivity index (χ3n) is 4.09. The van der Waals surface area contributed by atoms with Crippen molar-refractivity contribution in [3.63, 3.8) is 0 Å². The van der Waals surface area contributed by atoms with Gasteiger partial charge in [0, 0.05) is 42.3 Å². The highest BCUT2D eigenvalue weighted by Gasteiger charge is 2.23. The van der Waals surface area contributed by atoms with E-state index in [-0.39, 0.29) is 18.0 Å². The molecule has 1 aromatic rings. The fourth-order valence-corrected chi connectivity index (χ4v) is 3.06. The molecule has 144 valence electrons. The van der Waals surface area contributed by atoms with Crippen LogP contribution in [0.25, 0.3) is 0 Å². The Balaban J connectivity index is 1.64. The average molecular weight is 426 g/mol. The Labute approximate surface area is 163 Å². The van der Waals surface area contributed by atoms with Crippen LogP contribution in [0.3, 0.4) is 0 Å². The summed E-state index contributed by atoms with van der Waals surface area (Å²) in [7, 11) is 0. The lowest BCUT2D eigenvalue weighted by Crippen LogP contribution is -2.46. The predicted molar refractivity (Wildman–Crippen MR) is 106 cm³/mol. The van der Waals surface area contributed by atoms with E-state index in [0.717, 1.165) is 42.6 Å². The van der Waals surface area contributed by atoms with E-state index in [1.807, 2.05) is 45.0 Å². The number of carbonyl (C=O) groups excluding carboxylic acids is 2. The van der Waals surface area contributed by atoms with Gasteiger partial charge in [0.15, 0.2) is 0 Å². The van der Waals surface area contributed by atoms with Crippen molar-refractivity contribution < 1.29 is 14.3 Å². The number of alkyl carbamates (subject to hydrolysis) is 1. The second kappa shape index (κ2) is 9.37. The third kappa shape index (κ3) is 7.74. The summed E-state index contributed by atoms with van der Waals surface area (Å²) < 4.78 is 6.28. The van der Waals surface area contributed by atoms with Gasteiger partial charge in [0.1, 0.15) is 5.60 Å². The molecule has 0 spiro atoms. The third-order valence-corrected chi connectivity index (χ3v) is 4.62. The van der Waals surface area contributed by atoms with Crippen LogP contribution in [0.4, 0.5) is 10.5 Å². The quantitative estimate of drug-likeness (QED) is 0.752. The molecule has 0 aromatic heterocycles. The molecule has 1 aromatic carbocycles. The van der Waals surface area contributed by atoms with Crippen LogP contribution in [0.2, 0.25) is 0 Å². The number of hydrogen-bond acceptors (Lipinski definition) is 4. The summed E-state index contributed by atoms with van der Waals surface area (Å²) in [5.74, 6) is 0.0151. The number of benzene rings is 1. The molecule has 2 N–H and O–H groups in total. The van der Waals surface area contributed by atoms with Gasteiger partial charge in [-0.1, -0.05) is 15.9 Å². The summed E-state index contributed by atoms with van der Waals surface area (Å²) in [6.07, 6.45) is 1.84. The number of halogens is 1. The number of likely N-dealkylation sites (tertiary alicyclic amines) is 1. The van der Waals surface area contributed by atoms with Crippen molar-refractivity contribution in [2.24, 2.45) is 0 Å². The number of piperidine rings is 1. The van der Waals surface area contributed by atoms with Gasteiger partial charge >= 0.3 is 6.09 Å². The second-order valence-electron chi connectivity index (χ2n) is 7.57. The first-order chi connectivity index (χ1) is 12.2. The van der Waals surface area contributed by atoms with E-state index in [0.29, 0.717) is 6.42 Å². The van der Waals surface area contributed by atoms with Gasteiger partial charge in [-0.3, -0.25) is 4.79 Å². The largest absolute Gasteiger partial charge is 0.444 e. The molecular formula is C19H28BrN3O3. The first-order valence-corrected chi connectivity index (χ1v) is 9.78. The fraction of sp³-hybridized carbons (Fsp3) is 0.579. The van der Waals surface area contributed by atoms with E-state index in [2.05, 4.69) is 31.5 Å². The fourth-order valence-electron chi connectivity index (χ4n) is 2.79. The highest BCUT2D eigenvalue weighted by Crippen LogP contribution is 2.15. The molecule has 0 atom stereocenters. The molecule has 1 aliphatic rings. The predicted octanol–water partition coefficient (Wildman–Crippen LogP) is 3.77. The van der Waals surface area contributed by atoms with Gasteiger partial charge in [0.05, 0.1) is 0 Å². The Hall–Kier alpha value is -1.60. The lowest BCUT2D eigenvalue weighted by Gasteiger charge is -2.32. The zero-order chi connectivity index (χ0) is 19.2. The van der Waals surface area contributed by atoms with E-state index in [4.69, 9.17) is 4.74 Å². The number of hydrogen-bond donors (Lipinski definition) is 2. The minimum Gasteiger partial charge on any atom is -0.444 e. The Kier molecular flexibility index (Phi) is 7.46. The number of rotatable bonds is 5. The summed E-state index contributed by atoms with van der Waals surface area (Å²) in [5, 5.41) is 5.83. The molecule has 1 aliphatic heterocycles. The molecule has 1 heterocycles. The Bertz CT molecular complexity index is 605. The monoisotopic (exact) mass is 425 g/mol. The van der Waals surface area contributed by atoms with Crippen LogP contribution in [-0.2, 0) is 9.53 Å². The zero-order valence-corrected chi connectivity index (χ0v) is 17.3. The standard InChI is InChI=1S/C19H28BrN3O3/c1-19(2,3)26-18(25)22-16-8-11-23(12-9-16)13-10-17(24)21-15-6-4-14(20)5-7-15/h4-7,16H,8-13H2,1-3H3,(H,21,24)(H,22,25). The normalized spacial score (nSPS) is 16.2. The van der Waals surface area contributed by atoms with Gasteiger partial charge in [-0.05, 0) is 57.9 Å². The topological polar surface area (TPSA) is 70.7 Å². The highest BCUT2D eigenvalue weighted by atomic mass is 79.9. The Morgan fingerprint density at radius 1 is 1.19 bits per heavy atom. The van der Waals surface area contributed by atoms with E-state index >= 15 is 0 Å². The molecule has 0 aliphatic carbocycles. The van der Waals surface area contributed by atoms with Crippen LogP contribution in [0.15, 0.2) is 28.7 Å². The SMILES string of the molecule is CC(C)(C)OC(=O)NC1CCN(CCC(=O)Nc2ccc(Br)cc2)CC1. The van der Waals surface area contributed by atoms with Crippen molar-refractivity contribution in [2.75, 3.05) is 25.0 Å². The Morgan fingerprint density at radius 3 is 2.38 bits per heavy atom. The molecule has 1 fully saturated rings. The molecular weight excluding hydrogens is 398 g/mol. The van der Waals surface area contributed by atoms with Crippen molar-refractivity contribution in [3.8, 4) is 0 Å². The average Bonchev–Trinajstić information content (AvgIpc) is 2.54. The molecule has 2 rings (SSSR count). The van der Waals surface area contributed by atoms with E-state index in [1.165, 1.54) is 0 Å². The van der Waals surface area contributed by atoms with Crippen LogP contribution in [0.5, 0.6) is 0 Å².